The van der Waals surface area contributed by atoms with Crippen molar-refractivity contribution in [2.75, 3.05) is 13.6 Å². The van der Waals surface area contributed by atoms with Crippen molar-refractivity contribution in [3.05, 3.63) is 0 Å². The van der Waals surface area contributed by atoms with Gasteiger partial charge in [-0.3, -0.25) is 0 Å². The van der Waals surface area contributed by atoms with Gasteiger partial charge in [-0.25, -0.2) is 0 Å². The SMILES string of the molecule is CNC1CC2NCC1CC2C. The molecular formula is C9H18N2. The Kier molecular flexibility index (Phi) is 1.90. The van der Waals surface area contributed by atoms with Crippen LogP contribution in [-0.4, -0.2) is 25.7 Å². The molecule has 1 saturated carbocycles. The molecule has 2 heteroatoms. The first-order valence-corrected chi connectivity index (χ1v) is 4.72. The summed E-state index contributed by atoms with van der Waals surface area (Å²) in [6.45, 7) is 3.61. The van der Waals surface area contributed by atoms with Gasteiger partial charge in [0, 0.05) is 12.1 Å². The van der Waals surface area contributed by atoms with E-state index in [1.165, 1.54) is 19.4 Å². The van der Waals surface area contributed by atoms with Crippen molar-refractivity contribution in [1.29, 1.82) is 0 Å². The average Bonchev–Trinajstić information content (AvgIpc) is 2.05. The fourth-order valence-corrected chi connectivity index (χ4v) is 2.67. The van der Waals surface area contributed by atoms with Crippen molar-refractivity contribution in [2.45, 2.75) is 31.8 Å². The standard InChI is InChI=1S/C9H18N2/c1-6-3-7-5-11-8(6)4-9(7)10-2/h6-11H,3-5H2,1-2H3. The first-order chi connectivity index (χ1) is 5.31. The second kappa shape index (κ2) is 2.76. The highest BCUT2D eigenvalue weighted by Gasteiger charge is 2.38. The molecule has 3 fully saturated rings. The fraction of sp³-hybridized carbons (Fsp3) is 1.00. The highest BCUT2D eigenvalue weighted by molar-refractivity contribution is 4.97. The number of fused-ring (bicyclic) bond motifs is 3. The molecule has 2 nitrogen and oxygen atoms in total. The molecule has 0 aromatic heterocycles. The molecule has 4 atom stereocenters. The summed E-state index contributed by atoms with van der Waals surface area (Å²) in [6, 6.07) is 1.58. The van der Waals surface area contributed by atoms with Gasteiger partial charge in [0.2, 0.25) is 0 Å². The van der Waals surface area contributed by atoms with Gasteiger partial charge in [-0.2, -0.15) is 0 Å². The van der Waals surface area contributed by atoms with Crippen LogP contribution < -0.4 is 10.6 Å². The normalized spacial score (nSPS) is 49.6. The third-order valence-corrected chi connectivity index (χ3v) is 3.45. The molecule has 3 rings (SSSR count). The van der Waals surface area contributed by atoms with Crippen LogP contribution in [0.25, 0.3) is 0 Å². The lowest BCUT2D eigenvalue weighted by atomic mass is 9.72. The van der Waals surface area contributed by atoms with Crippen LogP contribution >= 0.6 is 0 Å². The molecule has 64 valence electrons. The van der Waals surface area contributed by atoms with E-state index < -0.39 is 0 Å². The van der Waals surface area contributed by atoms with Gasteiger partial charge in [-0.15, -0.1) is 0 Å². The molecule has 2 saturated heterocycles. The molecule has 0 spiro atoms. The Morgan fingerprint density at radius 3 is 2.64 bits per heavy atom. The van der Waals surface area contributed by atoms with Crippen molar-refractivity contribution in [3.8, 4) is 0 Å². The molecular weight excluding hydrogens is 136 g/mol. The van der Waals surface area contributed by atoms with Crippen molar-refractivity contribution >= 4 is 0 Å². The van der Waals surface area contributed by atoms with E-state index >= 15 is 0 Å². The van der Waals surface area contributed by atoms with E-state index in [0.717, 1.165) is 23.9 Å². The van der Waals surface area contributed by atoms with E-state index in [4.69, 9.17) is 0 Å². The Labute approximate surface area is 68.7 Å². The van der Waals surface area contributed by atoms with Gasteiger partial charge >= 0.3 is 0 Å². The predicted octanol–water partition coefficient (Wildman–Crippen LogP) is 0.592. The van der Waals surface area contributed by atoms with E-state index in [1.54, 1.807) is 0 Å². The number of hydrogen-bond acceptors (Lipinski definition) is 2. The van der Waals surface area contributed by atoms with E-state index in [2.05, 4.69) is 24.6 Å². The summed E-state index contributed by atoms with van der Waals surface area (Å²) in [6.07, 6.45) is 2.76. The quantitative estimate of drug-likeness (QED) is 0.577. The lowest BCUT2D eigenvalue weighted by Crippen LogP contribution is -2.58. The second-order valence-electron chi connectivity index (χ2n) is 4.12. The smallest absolute Gasteiger partial charge is 0.0119 e. The third-order valence-electron chi connectivity index (χ3n) is 3.45. The molecule has 1 aliphatic carbocycles. The Balaban J connectivity index is 2.04. The average molecular weight is 154 g/mol. The Hall–Kier alpha value is -0.0800. The molecule has 2 aliphatic heterocycles. The third kappa shape index (κ3) is 1.18. The Morgan fingerprint density at radius 1 is 1.36 bits per heavy atom. The second-order valence-corrected chi connectivity index (χ2v) is 4.12. The fourth-order valence-electron chi connectivity index (χ4n) is 2.67. The van der Waals surface area contributed by atoms with Gasteiger partial charge in [0.05, 0.1) is 0 Å². The molecule has 2 N–H and O–H groups in total. The van der Waals surface area contributed by atoms with Gasteiger partial charge in [0.15, 0.2) is 0 Å². The lowest BCUT2D eigenvalue weighted by molar-refractivity contribution is 0.111. The number of hydrogen-bond donors (Lipinski definition) is 2. The minimum Gasteiger partial charge on any atom is -0.317 e. The minimum absolute atomic E-state index is 0.789. The minimum atomic E-state index is 0.789. The lowest BCUT2D eigenvalue weighted by Gasteiger charge is -2.46. The van der Waals surface area contributed by atoms with Gasteiger partial charge in [0.1, 0.15) is 0 Å². The van der Waals surface area contributed by atoms with Crippen molar-refractivity contribution in [3.63, 3.8) is 0 Å². The molecule has 0 aromatic rings. The summed E-state index contributed by atoms with van der Waals surface area (Å²) < 4.78 is 0. The number of piperidine rings is 2. The first-order valence-electron chi connectivity index (χ1n) is 4.72. The summed E-state index contributed by atoms with van der Waals surface area (Å²) in [5.74, 6) is 1.79. The Morgan fingerprint density at radius 2 is 2.18 bits per heavy atom. The number of rotatable bonds is 1. The maximum Gasteiger partial charge on any atom is 0.0119 e. The summed E-state index contributed by atoms with van der Waals surface area (Å²) in [5, 5.41) is 7.01. The van der Waals surface area contributed by atoms with E-state index in [1.807, 2.05) is 0 Å². The van der Waals surface area contributed by atoms with Gasteiger partial charge in [-0.05, 0) is 38.3 Å². The molecule has 2 bridgehead atoms. The van der Waals surface area contributed by atoms with Crippen LogP contribution in [0, 0.1) is 11.8 Å². The van der Waals surface area contributed by atoms with E-state index in [-0.39, 0.29) is 0 Å². The van der Waals surface area contributed by atoms with Crippen molar-refractivity contribution in [1.82, 2.24) is 10.6 Å². The molecule has 11 heavy (non-hydrogen) atoms. The zero-order valence-electron chi connectivity index (χ0n) is 7.43. The maximum absolute atomic E-state index is 3.59. The highest BCUT2D eigenvalue weighted by Crippen LogP contribution is 2.33. The molecule has 3 aliphatic rings. The van der Waals surface area contributed by atoms with Crippen LogP contribution in [0.15, 0.2) is 0 Å². The van der Waals surface area contributed by atoms with Gasteiger partial charge in [-0.1, -0.05) is 6.92 Å². The van der Waals surface area contributed by atoms with Crippen LogP contribution in [-0.2, 0) is 0 Å². The highest BCUT2D eigenvalue weighted by atomic mass is 15.0. The topological polar surface area (TPSA) is 24.1 Å². The molecule has 2 heterocycles. The summed E-state index contributed by atoms with van der Waals surface area (Å²) in [4.78, 5) is 0. The molecule has 0 amide bonds. The predicted molar refractivity (Wildman–Crippen MR) is 46.5 cm³/mol. The molecule has 0 aromatic carbocycles. The van der Waals surface area contributed by atoms with Gasteiger partial charge in [0.25, 0.3) is 0 Å². The van der Waals surface area contributed by atoms with Crippen LogP contribution in [0.5, 0.6) is 0 Å². The van der Waals surface area contributed by atoms with Gasteiger partial charge < -0.3 is 10.6 Å². The Bertz CT molecular complexity index is 146. The monoisotopic (exact) mass is 154 g/mol. The molecule has 0 radical (unpaired) electrons. The van der Waals surface area contributed by atoms with Crippen LogP contribution in [0.2, 0.25) is 0 Å². The largest absolute Gasteiger partial charge is 0.317 e. The summed E-state index contributed by atoms with van der Waals surface area (Å²) >= 11 is 0. The van der Waals surface area contributed by atoms with Crippen molar-refractivity contribution in [2.24, 2.45) is 11.8 Å². The zero-order chi connectivity index (χ0) is 7.84. The van der Waals surface area contributed by atoms with E-state index in [0.29, 0.717) is 0 Å². The molecule has 4 unspecified atom stereocenters. The zero-order valence-corrected chi connectivity index (χ0v) is 7.43. The first kappa shape index (κ1) is 7.56. The summed E-state index contributed by atoms with van der Waals surface area (Å²) in [5.41, 5.74) is 0. The maximum atomic E-state index is 3.59. The van der Waals surface area contributed by atoms with Crippen LogP contribution in [0.1, 0.15) is 19.8 Å². The van der Waals surface area contributed by atoms with Crippen LogP contribution in [0.3, 0.4) is 0 Å². The van der Waals surface area contributed by atoms with E-state index in [9.17, 15) is 0 Å². The van der Waals surface area contributed by atoms with Crippen LogP contribution in [0.4, 0.5) is 0 Å². The summed E-state index contributed by atoms with van der Waals surface area (Å²) in [7, 11) is 2.09. The number of nitrogens with one attached hydrogen (secondary N) is 2. The van der Waals surface area contributed by atoms with Crippen molar-refractivity contribution < 1.29 is 0 Å².